The minimum absolute atomic E-state index is 0.131. The molecule has 0 saturated carbocycles. The molecule has 2 heterocycles. The van der Waals surface area contributed by atoms with Crippen molar-refractivity contribution in [3.63, 3.8) is 0 Å². The summed E-state index contributed by atoms with van der Waals surface area (Å²) < 4.78 is 6.02. The maximum Gasteiger partial charge on any atom is 0.253 e. The van der Waals surface area contributed by atoms with Gasteiger partial charge in [0.1, 0.15) is 5.75 Å². The van der Waals surface area contributed by atoms with Crippen LogP contribution in [0, 0.1) is 5.92 Å². The zero-order chi connectivity index (χ0) is 28.5. The Labute approximate surface area is 246 Å². The van der Waals surface area contributed by atoms with Crippen LogP contribution in [0.4, 0.5) is 5.69 Å². The lowest BCUT2D eigenvalue weighted by Gasteiger charge is -2.33. The minimum atomic E-state index is -0.212. The molecule has 1 N–H and O–H groups in total. The molecular formula is C31H36Cl2N4O3. The first-order chi connectivity index (χ1) is 19.4. The molecule has 7 nitrogen and oxygen atoms in total. The number of nitrogens with zero attached hydrogens (tertiary/aromatic N) is 3. The Morgan fingerprint density at radius 1 is 1.00 bits per heavy atom. The number of aromatic nitrogens is 1. The summed E-state index contributed by atoms with van der Waals surface area (Å²) in [7, 11) is 0. The fourth-order valence-corrected chi connectivity index (χ4v) is 5.43. The van der Waals surface area contributed by atoms with E-state index in [1.165, 1.54) is 5.69 Å². The Bertz CT molecular complexity index is 1290. The number of rotatable bonds is 11. The van der Waals surface area contributed by atoms with Crippen molar-refractivity contribution in [1.29, 1.82) is 0 Å². The molecule has 0 radical (unpaired) electrons. The van der Waals surface area contributed by atoms with Crippen LogP contribution in [0.25, 0.3) is 0 Å². The van der Waals surface area contributed by atoms with Gasteiger partial charge in [0, 0.05) is 78.4 Å². The summed E-state index contributed by atoms with van der Waals surface area (Å²) in [5.74, 6) is 0.520. The predicted octanol–water partition coefficient (Wildman–Crippen LogP) is 6.14. The van der Waals surface area contributed by atoms with Crippen LogP contribution in [0.2, 0.25) is 10.0 Å². The Hall–Kier alpha value is -3.29. The van der Waals surface area contributed by atoms with Gasteiger partial charge in [0.25, 0.3) is 11.8 Å². The van der Waals surface area contributed by atoms with E-state index in [0.29, 0.717) is 65.5 Å². The molecule has 1 saturated heterocycles. The number of benzene rings is 2. The Morgan fingerprint density at radius 2 is 1.70 bits per heavy atom. The summed E-state index contributed by atoms with van der Waals surface area (Å²) in [6.45, 7) is 7.83. The van der Waals surface area contributed by atoms with Crippen molar-refractivity contribution in [1.82, 2.24) is 15.2 Å². The van der Waals surface area contributed by atoms with Gasteiger partial charge < -0.3 is 19.9 Å². The summed E-state index contributed by atoms with van der Waals surface area (Å²) in [5.41, 5.74) is 2.93. The number of carbonyl (C=O) groups is 2. The van der Waals surface area contributed by atoms with Crippen LogP contribution in [-0.2, 0) is 6.42 Å². The number of pyridine rings is 1. The highest BCUT2D eigenvalue weighted by Gasteiger charge is 2.22. The molecule has 2 amide bonds. The first-order valence-electron chi connectivity index (χ1n) is 13.8. The molecule has 4 rings (SSSR count). The quantitative estimate of drug-likeness (QED) is 0.294. The van der Waals surface area contributed by atoms with Gasteiger partial charge >= 0.3 is 0 Å². The largest absolute Gasteiger partial charge is 0.493 e. The number of amides is 2. The number of piperidine rings is 1. The second kappa shape index (κ2) is 14.4. The molecule has 0 bridgehead atoms. The highest BCUT2D eigenvalue weighted by molar-refractivity contribution is 6.35. The predicted molar refractivity (Wildman–Crippen MR) is 161 cm³/mol. The Balaban J connectivity index is 1.40. The minimum Gasteiger partial charge on any atom is -0.493 e. The lowest BCUT2D eigenvalue weighted by molar-refractivity contribution is 0.0772. The lowest BCUT2D eigenvalue weighted by atomic mass is 9.96. The molecule has 1 aliphatic rings. The van der Waals surface area contributed by atoms with Crippen molar-refractivity contribution in [3.05, 3.63) is 87.7 Å². The van der Waals surface area contributed by atoms with Gasteiger partial charge in [-0.2, -0.15) is 0 Å². The first-order valence-corrected chi connectivity index (χ1v) is 14.6. The fourth-order valence-electron chi connectivity index (χ4n) is 4.92. The van der Waals surface area contributed by atoms with E-state index in [1.54, 1.807) is 35.2 Å². The molecule has 1 aromatic heterocycles. The highest BCUT2D eigenvalue weighted by atomic mass is 35.5. The van der Waals surface area contributed by atoms with E-state index in [4.69, 9.17) is 27.9 Å². The van der Waals surface area contributed by atoms with Crippen molar-refractivity contribution >= 4 is 40.7 Å². The topological polar surface area (TPSA) is 74.8 Å². The number of carbonyl (C=O) groups excluding carboxylic acids is 2. The van der Waals surface area contributed by atoms with Gasteiger partial charge in [-0.05, 0) is 80.6 Å². The van der Waals surface area contributed by atoms with Crippen LogP contribution in [0.3, 0.4) is 0 Å². The zero-order valence-electron chi connectivity index (χ0n) is 23.0. The first kappa shape index (κ1) is 29.7. The second-order valence-corrected chi connectivity index (χ2v) is 10.7. The molecule has 0 spiro atoms. The SMILES string of the molecule is CCN(CC)C(=O)c1cc(OCCc2ccc(Cl)cc2Cl)cc(C(=O)NCC2CCN(c3ccncc3)CC2)c1. The van der Waals surface area contributed by atoms with Gasteiger partial charge in [-0.15, -0.1) is 0 Å². The molecule has 0 atom stereocenters. The summed E-state index contributed by atoms with van der Waals surface area (Å²) in [4.78, 5) is 34.6. The summed E-state index contributed by atoms with van der Waals surface area (Å²) in [6.07, 6.45) is 6.16. The second-order valence-electron chi connectivity index (χ2n) is 9.90. The average Bonchev–Trinajstić information content (AvgIpc) is 2.98. The summed E-state index contributed by atoms with van der Waals surface area (Å²) in [6, 6.07) is 14.5. The number of nitrogens with one attached hydrogen (secondary N) is 1. The van der Waals surface area contributed by atoms with Crippen molar-refractivity contribution in [2.24, 2.45) is 5.92 Å². The van der Waals surface area contributed by atoms with Crippen LogP contribution in [0.15, 0.2) is 60.9 Å². The maximum absolute atomic E-state index is 13.2. The highest BCUT2D eigenvalue weighted by Crippen LogP contribution is 2.24. The fraction of sp³-hybridized carbons (Fsp3) is 0.387. The van der Waals surface area contributed by atoms with Crippen LogP contribution in [-0.4, -0.2) is 61.0 Å². The van der Waals surface area contributed by atoms with E-state index >= 15 is 0 Å². The van der Waals surface area contributed by atoms with E-state index in [2.05, 4.69) is 15.2 Å². The monoisotopic (exact) mass is 582 g/mol. The molecule has 3 aromatic rings. The third kappa shape index (κ3) is 7.89. The number of ether oxygens (including phenoxy) is 1. The maximum atomic E-state index is 13.2. The molecule has 0 aliphatic carbocycles. The van der Waals surface area contributed by atoms with E-state index in [0.717, 1.165) is 31.5 Å². The molecule has 40 heavy (non-hydrogen) atoms. The molecule has 0 unspecified atom stereocenters. The van der Waals surface area contributed by atoms with Gasteiger partial charge in [0.05, 0.1) is 6.61 Å². The molecule has 9 heteroatoms. The zero-order valence-corrected chi connectivity index (χ0v) is 24.5. The number of hydrogen-bond donors (Lipinski definition) is 1. The van der Waals surface area contributed by atoms with Crippen LogP contribution in [0.5, 0.6) is 5.75 Å². The third-order valence-electron chi connectivity index (χ3n) is 7.32. The van der Waals surface area contributed by atoms with E-state index in [1.807, 2.05) is 44.4 Å². The average molecular weight is 584 g/mol. The number of hydrogen-bond acceptors (Lipinski definition) is 5. The molecule has 2 aromatic carbocycles. The van der Waals surface area contributed by atoms with Crippen molar-refractivity contribution in [3.8, 4) is 5.75 Å². The summed E-state index contributed by atoms with van der Waals surface area (Å²) in [5, 5.41) is 4.24. The van der Waals surface area contributed by atoms with E-state index in [-0.39, 0.29) is 11.8 Å². The lowest BCUT2D eigenvalue weighted by Crippen LogP contribution is -2.38. The standard InChI is InChI=1S/C31H36Cl2N4O3/c1-3-36(4-2)31(39)25-17-24(18-28(19-25)40-16-11-23-5-6-26(32)20-29(23)33)30(38)35-21-22-9-14-37(15-10-22)27-7-12-34-13-8-27/h5-8,12-13,17-20,22H,3-4,9-11,14-16,21H2,1-2H3,(H,35,38). The molecule has 1 aliphatic heterocycles. The third-order valence-corrected chi connectivity index (χ3v) is 7.90. The van der Waals surface area contributed by atoms with Crippen molar-refractivity contribution in [2.45, 2.75) is 33.1 Å². The number of anilines is 1. The van der Waals surface area contributed by atoms with Crippen molar-refractivity contribution in [2.75, 3.05) is 44.2 Å². The van der Waals surface area contributed by atoms with Crippen LogP contribution in [0.1, 0.15) is 53.0 Å². The van der Waals surface area contributed by atoms with Gasteiger partial charge in [-0.3, -0.25) is 14.6 Å². The van der Waals surface area contributed by atoms with Gasteiger partial charge in [-0.25, -0.2) is 0 Å². The van der Waals surface area contributed by atoms with Gasteiger partial charge in [0.15, 0.2) is 0 Å². The van der Waals surface area contributed by atoms with Gasteiger partial charge in [-0.1, -0.05) is 29.3 Å². The summed E-state index contributed by atoms with van der Waals surface area (Å²) >= 11 is 12.3. The smallest absolute Gasteiger partial charge is 0.253 e. The van der Waals surface area contributed by atoms with Crippen molar-refractivity contribution < 1.29 is 14.3 Å². The molecule has 1 fully saturated rings. The van der Waals surface area contributed by atoms with Gasteiger partial charge in [0.2, 0.25) is 0 Å². The van der Waals surface area contributed by atoms with E-state index in [9.17, 15) is 9.59 Å². The Kier molecular flexibility index (Phi) is 10.7. The number of halogens is 2. The Morgan fingerprint density at radius 3 is 2.38 bits per heavy atom. The van der Waals surface area contributed by atoms with Crippen LogP contribution < -0.4 is 15.0 Å². The normalized spacial score (nSPS) is 13.7. The molecule has 212 valence electrons. The molecular weight excluding hydrogens is 547 g/mol. The van der Waals surface area contributed by atoms with E-state index < -0.39 is 0 Å². The van der Waals surface area contributed by atoms with Crippen LogP contribution >= 0.6 is 23.2 Å².